The maximum Gasteiger partial charge on any atom is 0.0952 e. The molecule has 2 N–H and O–H groups in total. The van der Waals surface area contributed by atoms with Gasteiger partial charge in [-0.15, -0.1) is 0 Å². The fraction of sp³-hybridized carbons (Fsp3) is 0.167. The Hall–Kier alpha value is -2.55. The Morgan fingerprint density at radius 3 is 2.43 bits per heavy atom. The molecule has 0 amide bonds. The van der Waals surface area contributed by atoms with Crippen molar-refractivity contribution in [1.29, 1.82) is 0 Å². The van der Waals surface area contributed by atoms with E-state index < -0.39 is 0 Å². The number of hydrogen-bond acceptors (Lipinski definition) is 3. The number of fused-ring (bicyclic) bond motifs is 1. The molecule has 0 fully saturated rings. The van der Waals surface area contributed by atoms with Crippen LogP contribution in [0.25, 0.3) is 10.9 Å². The molecule has 21 heavy (non-hydrogen) atoms. The molecule has 106 valence electrons. The second-order valence-corrected chi connectivity index (χ2v) is 5.48. The predicted octanol–water partition coefficient (Wildman–Crippen LogP) is 4.20. The first-order chi connectivity index (χ1) is 10.1. The molecule has 0 aliphatic carbocycles. The summed E-state index contributed by atoms with van der Waals surface area (Å²) in [6, 6.07) is 14.5. The molecular weight excluding hydrogens is 258 g/mol. The number of nitrogen functional groups attached to an aromatic ring is 1. The van der Waals surface area contributed by atoms with Crippen LogP contribution in [0.5, 0.6) is 0 Å². The molecule has 0 atom stereocenters. The monoisotopic (exact) mass is 277 g/mol. The molecular formula is C18H19N3. The van der Waals surface area contributed by atoms with Crippen LogP contribution in [0.1, 0.15) is 11.1 Å². The van der Waals surface area contributed by atoms with Gasteiger partial charge in [-0.1, -0.05) is 18.2 Å². The van der Waals surface area contributed by atoms with E-state index in [1.54, 1.807) is 0 Å². The Kier molecular flexibility index (Phi) is 3.26. The number of hydrogen-bond donors (Lipinski definition) is 1. The minimum atomic E-state index is 0.711. The summed E-state index contributed by atoms with van der Waals surface area (Å²) in [5.41, 5.74) is 12.4. The Bertz CT molecular complexity index is 788. The van der Waals surface area contributed by atoms with Crippen LogP contribution in [0.2, 0.25) is 0 Å². The Morgan fingerprint density at radius 1 is 1.00 bits per heavy atom. The Balaban J connectivity index is 2.18. The maximum absolute atomic E-state index is 6.03. The summed E-state index contributed by atoms with van der Waals surface area (Å²) in [5.74, 6) is 0. The largest absolute Gasteiger partial charge is 0.397 e. The Morgan fingerprint density at radius 2 is 1.71 bits per heavy atom. The van der Waals surface area contributed by atoms with E-state index in [0.717, 1.165) is 16.6 Å². The first kappa shape index (κ1) is 13.4. The van der Waals surface area contributed by atoms with Crippen LogP contribution in [0.15, 0.2) is 48.7 Å². The van der Waals surface area contributed by atoms with Gasteiger partial charge in [0, 0.05) is 24.3 Å². The van der Waals surface area contributed by atoms with Crippen LogP contribution in [0, 0.1) is 13.8 Å². The molecule has 0 aliphatic rings. The van der Waals surface area contributed by atoms with Gasteiger partial charge < -0.3 is 10.6 Å². The van der Waals surface area contributed by atoms with Gasteiger partial charge in [0.2, 0.25) is 0 Å². The summed E-state index contributed by atoms with van der Waals surface area (Å²) in [6.45, 7) is 4.24. The minimum Gasteiger partial charge on any atom is -0.397 e. The molecule has 0 saturated carbocycles. The van der Waals surface area contributed by atoms with Crippen LogP contribution in [-0.2, 0) is 0 Å². The van der Waals surface area contributed by atoms with Crippen molar-refractivity contribution < 1.29 is 0 Å². The van der Waals surface area contributed by atoms with E-state index in [0.29, 0.717) is 5.69 Å². The average Bonchev–Trinajstić information content (AvgIpc) is 2.45. The second-order valence-electron chi connectivity index (χ2n) is 5.48. The lowest BCUT2D eigenvalue weighted by atomic mass is 10.1. The van der Waals surface area contributed by atoms with Gasteiger partial charge in [0.25, 0.3) is 0 Å². The van der Waals surface area contributed by atoms with E-state index in [4.69, 9.17) is 5.73 Å². The van der Waals surface area contributed by atoms with Crippen molar-refractivity contribution in [2.24, 2.45) is 0 Å². The van der Waals surface area contributed by atoms with Gasteiger partial charge in [-0.25, -0.2) is 0 Å². The number of nitrogens with zero attached hydrogens (tertiary/aromatic N) is 2. The van der Waals surface area contributed by atoms with E-state index >= 15 is 0 Å². The fourth-order valence-electron chi connectivity index (χ4n) is 2.76. The molecule has 3 heteroatoms. The van der Waals surface area contributed by atoms with Gasteiger partial charge in [0.05, 0.1) is 16.9 Å². The molecule has 0 aliphatic heterocycles. The van der Waals surface area contributed by atoms with Crippen molar-refractivity contribution in [3.8, 4) is 0 Å². The maximum atomic E-state index is 6.03. The van der Waals surface area contributed by atoms with Crippen molar-refractivity contribution >= 4 is 28.0 Å². The summed E-state index contributed by atoms with van der Waals surface area (Å²) in [4.78, 5) is 6.58. The van der Waals surface area contributed by atoms with Crippen LogP contribution < -0.4 is 10.6 Å². The Labute approximate surface area is 125 Å². The molecule has 3 rings (SSSR count). The SMILES string of the molecule is Cc1cc(C)cc(N(C)c2ccnc3c(N)cccc23)c1. The molecule has 0 radical (unpaired) electrons. The van der Waals surface area contributed by atoms with Crippen molar-refractivity contribution in [3.63, 3.8) is 0 Å². The second kappa shape index (κ2) is 5.09. The van der Waals surface area contributed by atoms with Gasteiger partial charge in [-0.05, 0) is 49.2 Å². The molecule has 0 saturated heterocycles. The lowest BCUT2D eigenvalue weighted by Gasteiger charge is -2.22. The number of para-hydroxylation sites is 1. The van der Waals surface area contributed by atoms with Gasteiger partial charge in [0.1, 0.15) is 0 Å². The van der Waals surface area contributed by atoms with Crippen LogP contribution in [0.4, 0.5) is 17.1 Å². The van der Waals surface area contributed by atoms with E-state index in [1.807, 2.05) is 24.4 Å². The number of aromatic nitrogens is 1. The average molecular weight is 277 g/mol. The van der Waals surface area contributed by atoms with Crippen molar-refractivity contribution in [1.82, 2.24) is 4.98 Å². The van der Waals surface area contributed by atoms with E-state index in [1.165, 1.54) is 16.8 Å². The first-order valence-electron chi connectivity index (χ1n) is 7.01. The van der Waals surface area contributed by atoms with Gasteiger partial charge in [-0.3, -0.25) is 4.98 Å². The smallest absolute Gasteiger partial charge is 0.0952 e. The normalized spacial score (nSPS) is 10.8. The number of rotatable bonds is 2. The van der Waals surface area contributed by atoms with Crippen LogP contribution in [-0.4, -0.2) is 12.0 Å². The molecule has 1 aromatic heterocycles. The third-order valence-corrected chi connectivity index (χ3v) is 3.73. The summed E-state index contributed by atoms with van der Waals surface area (Å²) in [6.07, 6.45) is 1.81. The van der Waals surface area contributed by atoms with Crippen LogP contribution >= 0.6 is 0 Å². The highest BCUT2D eigenvalue weighted by Crippen LogP contribution is 2.32. The number of pyridine rings is 1. The molecule has 2 aromatic carbocycles. The van der Waals surface area contributed by atoms with Crippen LogP contribution in [0.3, 0.4) is 0 Å². The van der Waals surface area contributed by atoms with E-state index in [-0.39, 0.29) is 0 Å². The number of nitrogens with two attached hydrogens (primary N) is 1. The number of aryl methyl sites for hydroxylation is 2. The third kappa shape index (κ3) is 2.42. The lowest BCUT2D eigenvalue weighted by molar-refractivity contribution is 1.19. The summed E-state index contributed by atoms with van der Waals surface area (Å²) in [7, 11) is 2.08. The zero-order valence-electron chi connectivity index (χ0n) is 12.6. The van der Waals surface area contributed by atoms with E-state index in [9.17, 15) is 0 Å². The zero-order valence-corrected chi connectivity index (χ0v) is 12.6. The van der Waals surface area contributed by atoms with Crippen molar-refractivity contribution in [3.05, 3.63) is 59.8 Å². The van der Waals surface area contributed by atoms with Gasteiger partial charge in [0.15, 0.2) is 0 Å². The highest BCUT2D eigenvalue weighted by Gasteiger charge is 2.10. The summed E-state index contributed by atoms with van der Waals surface area (Å²) in [5, 5.41) is 1.07. The standard InChI is InChI=1S/C18H19N3/c1-12-9-13(2)11-14(10-12)21(3)17-7-8-20-18-15(17)5-4-6-16(18)19/h4-11H,19H2,1-3H3. The van der Waals surface area contributed by atoms with E-state index in [2.05, 4.69) is 55.0 Å². The topological polar surface area (TPSA) is 42.2 Å². The molecule has 0 unspecified atom stereocenters. The predicted molar refractivity (Wildman–Crippen MR) is 90.1 cm³/mol. The first-order valence-corrected chi connectivity index (χ1v) is 7.01. The molecule has 0 bridgehead atoms. The molecule has 3 nitrogen and oxygen atoms in total. The fourth-order valence-corrected chi connectivity index (χ4v) is 2.76. The third-order valence-electron chi connectivity index (χ3n) is 3.73. The molecule has 1 heterocycles. The molecule has 0 spiro atoms. The number of anilines is 3. The highest BCUT2D eigenvalue weighted by molar-refractivity contribution is 5.99. The minimum absolute atomic E-state index is 0.711. The van der Waals surface area contributed by atoms with Crippen molar-refractivity contribution in [2.75, 3.05) is 17.7 Å². The summed E-state index contributed by atoms with van der Waals surface area (Å²) < 4.78 is 0. The molecule has 3 aromatic rings. The lowest BCUT2D eigenvalue weighted by Crippen LogP contribution is -2.10. The van der Waals surface area contributed by atoms with Gasteiger partial charge >= 0.3 is 0 Å². The summed E-state index contributed by atoms with van der Waals surface area (Å²) >= 11 is 0. The zero-order chi connectivity index (χ0) is 15.0. The van der Waals surface area contributed by atoms with Crippen molar-refractivity contribution in [2.45, 2.75) is 13.8 Å². The van der Waals surface area contributed by atoms with Gasteiger partial charge in [-0.2, -0.15) is 0 Å². The highest BCUT2D eigenvalue weighted by atomic mass is 15.1. The number of benzene rings is 2. The quantitative estimate of drug-likeness (QED) is 0.714.